The summed E-state index contributed by atoms with van der Waals surface area (Å²) in [6.07, 6.45) is 9.11. The molecule has 2 aliphatic rings. The van der Waals surface area contributed by atoms with Crippen LogP contribution < -0.4 is 0 Å². The lowest BCUT2D eigenvalue weighted by Gasteiger charge is -2.60. The molecule has 1 atom stereocenters. The normalized spacial score (nSPS) is 43.5. The molecule has 0 heterocycles. The summed E-state index contributed by atoms with van der Waals surface area (Å²) in [6.45, 7) is 3.98. The van der Waals surface area contributed by atoms with E-state index < -0.39 is 11.2 Å². The van der Waals surface area contributed by atoms with Gasteiger partial charge in [-0.25, -0.2) is 0 Å². The highest BCUT2D eigenvalue weighted by Crippen LogP contribution is 2.59. The van der Waals surface area contributed by atoms with Crippen molar-refractivity contribution >= 4 is 0 Å². The zero-order chi connectivity index (χ0) is 11.9. The molecule has 0 bridgehead atoms. The van der Waals surface area contributed by atoms with Gasteiger partial charge in [0.2, 0.25) is 0 Å². The first kappa shape index (κ1) is 12.4. The van der Waals surface area contributed by atoms with Crippen molar-refractivity contribution in [3.8, 4) is 0 Å². The van der Waals surface area contributed by atoms with Crippen LogP contribution in [-0.4, -0.2) is 21.4 Å². The van der Waals surface area contributed by atoms with Crippen molar-refractivity contribution in [2.45, 2.75) is 82.8 Å². The lowest BCUT2D eigenvalue weighted by molar-refractivity contribution is -0.229. The Morgan fingerprint density at radius 1 is 1.00 bits per heavy atom. The predicted molar refractivity (Wildman–Crippen MR) is 65.2 cm³/mol. The van der Waals surface area contributed by atoms with Crippen molar-refractivity contribution in [2.75, 3.05) is 0 Å². The van der Waals surface area contributed by atoms with E-state index in [1.165, 1.54) is 12.8 Å². The molecule has 2 nitrogen and oxygen atoms in total. The minimum atomic E-state index is -0.706. The number of rotatable bonds is 2. The topological polar surface area (TPSA) is 40.5 Å². The fourth-order valence-electron chi connectivity index (χ4n) is 4.26. The minimum Gasteiger partial charge on any atom is -0.389 e. The largest absolute Gasteiger partial charge is 0.389 e. The molecule has 0 amide bonds. The van der Waals surface area contributed by atoms with Gasteiger partial charge >= 0.3 is 0 Å². The van der Waals surface area contributed by atoms with Crippen molar-refractivity contribution in [2.24, 2.45) is 5.41 Å². The highest BCUT2D eigenvalue weighted by molar-refractivity contribution is 5.11. The summed E-state index contributed by atoms with van der Waals surface area (Å²) < 4.78 is 0. The zero-order valence-corrected chi connectivity index (χ0v) is 10.8. The third kappa shape index (κ3) is 1.53. The summed E-state index contributed by atoms with van der Waals surface area (Å²) in [4.78, 5) is 0. The maximum atomic E-state index is 10.9. The monoisotopic (exact) mass is 226 g/mol. The molecule has 16 heavy (non-hydrogen) atoms. The number of fused-ring (bicyclic) bond motifs is 1. The summed E-state index contributed by atoms with van der Waals surface area (Å²) in [5, 5.41) is 21.7. The molecular formula is C14H26O2. The van der Waals surface area contributed by atoms with Gasteiger partial charge < -0.3 is 10.2 Å². The summed E-state index contributed by atoms with van der Waals surface area (Å²) >= 11 is 0. The molecule has 2 saturated carbocycles. The smallest absolute Gasteiger partial charge is 0.0731 e. The quantitative estimate of drug-likeness (QED) is 0.760. The molecule has 0 radical (unpaired) electrons. The van der Waals surface area contributed by atoms with Gasteiger partial charge in [0.1, 0.15) is 0 Å². The highest BCUT2D eigenvalue weighted by atomic mass is 16.3. The van der Waals surface area contributed by atoms with Gasteiger partial charge in [0, 0.05) is 5.41 Å². The van der Waals surface area contributed by atoms with E-state index in [4.69, 9.17) is 0 Å². The highest BCUT2D eigenvalue weighted by Gasteiger charge is 2.60. The van der Waals surface area contributed by atoms with E-state index in [1.54, 1.807) is 0 Å². The molecule has 2 N–H and O–H groups in total. The maximum absolute atomic E-state index is 10.9. The van der Waals surface area contributed by atoms with Gasteiger partial charge in [0.15, 0.2) is 0 Å². The van der Waals surface area contributed by atoms with Gasteiger partial charge in [0.25, 0.3) is 0 Å². The number of aliphatic hydroxyl groups is 2. The van der Waals surface area contributed by atoms with Gasteiger partial charge in [-0.1, -0.05) is 32.6 Å². The Bertz CT molecular complexity index is 245. The van der Waals surface area contributed by atoms with Crippen LogP contribution in [0.3, 0.4) is 0 Å². The third-order valence-electron chi connectivity index (χ3n) is 5.50. The Morgan fingerprint density at radius 2 is 1.44 bits per heavy atom. The molecule has 0 saturated heterocycles. The zero-order valence-electron chi connectivity index (χ0n) is 10.8. The molecule has 0 aliphatic heterocycles. The number of hydrogen-bond donors (Lipinski definition) is 2. The van der Waals surface area contributed by atoms with Crippen molar-refractivity contribution in [3.05, 3.63) is 0 Å². The molecule has 0 spiro atoms. The van der Waals surface area contributed by atoms with E-state index in [-0.39, 0.29) is 5.41 Å². The van der Waals surface area contributed by atoms with Crippen LogP contribution in [0.1, 0.15) is 71.6 Å². The molecule has 2 fully saturated rings. The molecule has 1 unspecified atom stereocenters. The van der Waals surface area contributed by atoms with Crippen LogP contribution in [0.15, 0.2) is 0 Å². The Labute approximate surface area is 99.1 Å². The van der Waals surface area contributed by atoms with Gasteiger partial charge in [-0.05, 0) is 39.0 Å². The summed E-state index contributed by atoms with van der Waals surface area (Å²) in [7, 11) is 0. The van der Waals surface area contributed by atoms with Crippen LogP contribution in [0.4, 0.5) is 0 Å². The molecule has 0 aromatic rings. The van der Waals surface area contributed by atoms with E-state index in [1.807, 2.05) is 13.8 Å². The fourth-order valence-corrected chi connectivity index (χ4v) is 4.26. The van der Waals surface area contributed by atoms with Crippen LogP contribution in [0.2, 0.25) is 0 Å². The first-order valence-corrected chi connectivity index (χ1v) is 6.92. The SMILES string of the molecule is CCC(C)(O)C12CCCCC1(O)CCCC2. The molecular weight excluding hydrogens is 200 g/mol. The lowest BCUT2D eigenvalue weighted by Crippen LogP contribution is -2.63. The molecule has 94 valence electrons. The second-order valence-corrected chi connectivity index (χ2v) is 6.16. The van der Waals surface area contributed by atoms with Crippen molar-refractivity contribution < 1.29 is 10.2 Å². The van der Waals surface area contributed by atoms with E-state index >= 15 is 0 Å². The second-order valence-electron chi connectivity index (χ2n) is 6.16. The standard InChI is InChI=1S/C14H26O2/c1-3-12(2,15)13-8-4-6-10-14(13,16)11-7-5-9-13/h15-16H,3-11H2,1-2H3. The molecule has 0 aromatic carbocycles. The molecule has 2 aliphatic carbocycles. The van der Waals surface area contributed by atoms with Crippen LogP contribution in [0.25, 0.3) is 0 Å². The van der Waals surface area contributed by atoms with Crippen LogP contribution in [-0.2, 0) is 0 Å². The first-order valence-electron chi connectivity index (χ1n) is 6.92. The van der Waals surface area contributed by atoms with E-state index in [0.29, 0.717) is 0 Å². The fraction of sp³-hybridized carbons (Fsp3) is 1.00. The third-order valence-corrected chi connectivity index (χ3v) is 5.50. The van der Waals surface area contributed by atoms with E-state index in [9.17, 15) is 10.2 Å². The van der Waals surface area contributed by atoms with Gasteiger partial charge in [-0.3, -0.25) is 0 Å². The average molecular weight is 226 g/mol. The Kier molecular flexibility index (Phi) is 3.09. The van der Waals surface area contributed by atoms with Crippen molar-refractivity contribution in [3.63, 3.8) is 0 Å². The second kappa shape index (κ2) is 3.99. The van der Waals surface area contributed by atoms with Crippen molar-refractivity contribution in [1.29, 1.82) is 0 Å². The lowest BCUT2D eigenvalue weighted by atomic mass is 9.50. The minimum absolute atomic E-state index is 0.231. The maximum Gasteiger partial charge on any atom is 0.0731 e. The van der Waals surface area contributed by atoms with E-state index in [2.05, 4.69) is 0 Å². The summed E-state index contributed by atoms with van der Waals surface area (Å²) in [5.74, 6) is 0. The van der Waals surface area contributed by atoms with E-state index in [0.717, 1.165) is 44.9 Å². The molecule has 2 rings (SSSR count). The Morgan fingerprint density at radius 3 is 1.88 bits per heavy atom. The number of hydrogen-bond acceptors (Lipinski definition) is 2. The Hall–Kier alpha value is -0.0800. The van der Waals surface area contributed by atoms with Crippen LogP contribution in [0.5, 0.6) is 0 Å². The Balaban J connectivity index is 2.38. The van der Waals surface area contributed by atoms with Gasteiger partial charge in [-0.2, -0.15) is 0 Å². The van der Waals surface area contributed by atoms with Gasteiger partial charge in [0.05, 0.1) is 11.2 Å². The summed E-state index contributed by atoms with van der Waals surface area (Å²) in [5.41, 5.74) is -1.53. The average Bonchev–Trinajstić information content (AvgIpc) is 2.28. The predicted octanol–water partition coefficient (Wildman–Crippen LogP) is 3.01. The van der Waals surface area contributed by atoms with Crippen molar-refractivity contribution in [1.82, 2.24) is 0 Å². The summed E-state index contributed by atoms with van der Waals surface area (Å²) in [6, 6.07) is 0. The van der Waals surface area contributed by atoms with Crippen LogP contribution >= 0.6 is 0 Å². The van der Waals surface area contributed by atoms with Crippen LogP contribution in [0, 0.1) is 5.41 Å². The first-order chi connectivity index (χ1) is 7.47. The van der Waals surface area contributed by atoms with Gasteiger partial charge in [-0.15, -0.1) is 0 Å². The molecule has 0 aromatic heterocycles. The molecule has 2 heteroatoms.